The van der Waals surface area contributed by atoms with Crippen molar-refractivity contribution in [2.45, 2.75) is 51.6 Å². The number of nitrogens with one attached hydrogen (secondary N) is 1. The molecule has 0 atom stereocenters. The fourth-order valence-corrected chi connectivity index (χ4v) is 4.48. The molecular formula is C23H31N5O2. The quantitative estimate of drug-likeness (QED) is 0.648. The number of methoxy groups -OCH3 is 1. The molecule has 0 spiro atoms. The minimum Gasteiger partial charge on any atom is -0.480 e. The van der Waals surface area contributed by atoms with E-state index in [9.17, 15) is 4.79 Å². The number of amides is 1. The Labute approximate surface area is 177 Å². The number of nitrogens with zero attached hydrogens (tertiary/aromatic N) is 4. The summed E-state index contributed by atoms with van der Waals surface area (Å²) in [6, 6.07) is 6.74. The molecule has 0 saturated heterocycles. The van der Waals surface area contributed by atoms with Gasteiger partial charge in [-0.05, 0) is 38.9 Å². The average Bonchev–Trinajstić information content (AvgIpc) is 3.17. The Hall–Kier alpha value is -2.67. The van der Waals surface area contributed by atoms with Crippen LogP contribution < -0.4 is 10.1 Å². The molecule has 7 heteroatoms. The number of pyridine rings is 1. The predicted molar refractivity (Wildman–Crippen MR) is 119 cm³/mol. The number of benzene rings is 1. The van der Waals surface area contributed by atoms with Crippen LogP contribution in [0.5, 0.6) is 5.88 Å². The van der Waals surface area contributed by atoms with Crippen molar-refractivity contribution in [2.75, 3.05) is 27.2 Å². The second-order valence-corrected chi connectivity index (χ2v) is 8.33. The lowest BCUT2D eigenvalue weighted by Gasteiger charge is -2.31. The van der Waals surface area contributed by atoms with Crippen LogP contribution >= 0.6 is 0 Å². The van der Waals surface area contributed by atoms with Crippen molar-refractivity contribution in [3.05, 3.63) is 30.0 Å². The van der Waals surface area contributed by atoms with Gasteiger partial charge in [0.2, 0.25) is 11.8 Å². The van der Waals surface area contributed by atoms with E-state index in [-0.39, 0.29) is 12.5 Å². The lowest BCUT2D eigenvalue weighted by atomic mass is 9.94. The Morgan fingerprint density at radius 1 is 1.27 bits per heavy atom. The van der Waals surface area contributed by atoms with Crippen molar-refractivity contribution in [3.63, 3.8) is 0 Å². The largest absolute Gasteiger partial charge is 0.480 e. The minimum absolute atomic E-state index is 0.0337. The standard InChI is InChI=1S/C23H31N5O2/c1-16-9-10-20-18(13-16)22-19(23(26-20)30-3)14-25-28(22)15-21(29)24-11-12-27(2)17-7-5-4-6-8-17/h9-10,13-14,17H,4-8,11-12,15H2,1-3H3,(H,24,29). The second kappa shape index (κ2) is 9.00. The molecule has 1 amide bonds. The maximum absolute atomic E-state index is 12.6. The lowest BCUT2D eigenvalue weighted by Crippen LogP contribution is -2.40. The van der Waals surface area contributed by atoms with E-state index in [0.29, 0.717) is 18.5 Å². The van der Waals surface area contributed by atoms with Crippen LogP contribution in [0.25, 0.3) is 21.8 Å². The molecule has 30 heavy (non-hydrogen) atoms. The zero-order valence-electron chi connectivity index (χ0n) is 18.1. The number of fused-ring (bicyclic) bond motifs is 3. The van der Waals surface area contributed by atoms with E-state index >= 15 is 0 Å². The minimum atomic E-state index is -0.0337. The Morgan fingerprint density at radius 2 is 2.07 bits per heavy atom. The van der Waals surface area contributed by atoms with Crippen molar-refractivity contribution < 1.29 is 9.53 Å². The van der Waals surface area contributed by atoms with Crippen LogP contribution in [-0.2, 0) is 11.3 Å². The van der Waals surface area contributed by atoms with E-state index < -0.39 is 0 Å². The van der Waals surface area contributed by atoms with Gasteiger partial charge in [-0.1, -0.05) is 30.9 Å². The summed E-state index contributed by atoms with van der Waals surface area (Å²) in [5, 5.41) is 9.32. The smallest absolute Gasteiger partial charge is 0.241 e. The van der Waals surface area contributed by atoms with Gasteiger partial charge in [0, 0.05) is 24.5 Å². The molecule has 0 aliphatic heterocycles. The average molecular weight is 410 g/mol. The third-order valence-electron chi connectivity index (χ3n) is 6.17. The number of rotatable bonds is 7. The first-order valence-electron chi connectivity index (χ1n) is 10.8. The number of hydrogen-bond donors (Lipinski definition) is 1. The number of aromatic nitrogens is 3. The van der Waals surface area contributed by atoms with E-state index in [1.165, 1.54) is 32.1 Å². The molecule has 1 aliphatic rings. The van der Waals surface area contributed by atoms with Gasteiger partial charge >= 0.3 is 0 Å². The first-order valence-corrected chi connectivity index (χ1v) is 10.8. The van der Waals surface area contributed by atoms with Crippen LogP contribution in [0.2, 0.25) is 0 Å². The maximum atomic E-state index is 12.6. The summed E-state index contributed by atoms with van der Waals surface area (Å²) in [6.45, 7) is 3.74. The van der Waals surface area contributed by atoms with E-state index in [1.807, 2.05) is 19.1 Å². The number of aryl methyl sites for hydroxylation is 1. The van der Waals surface area contributed by atoms with Crippen LogP contribution in [0.15, 0.2) is 24.4 Å². The SMILES string of the molecule is COc1nc2ccc(C)cc2c2c1cnn2CC(=O)NCCN(C)C1CCCCC1. The third-order valence-corrected chi connectivity index (χ3v) is 6.17. The monoisotopic (exact) mass is 409 g/mol. The topological polar surface area (TPSA) is 72.3 Å². The molecule has 1 N–H and O–H groups in total. The zero-order valence-corrected chi connectivity index (χ0v) is 18.1. The normalized spacial score (nSPS) is 15.2. The molecule has 1 saturated carbocycles. The predicted octanol–water partition coefficient (Wildman–Crippen LogP) is 3.28. The number of likely N-dealkylation sites (N-methyl/N-ethyl adjacent to an activating group) is 1. The Kier molecular flexibility index (Phi) is 6.18. The number of hydrogen-bond acceptors (Lipinski definition) is 5. The fourth-order valence-electron chi connectivity index (χ4n) is 4.48. The second-order valence-electron chi connectivity index (χ2n) is 8.33. The van der Waals surface area contributed by atoms with Gasteiger partial charge in [0.15, 0.2) is 0 Å². The fraction of sp³-hybridized carbons (Fsp3) is 0.522. The van der Waals surface area contributed by atoms with Crippen molar-refractivity contribution in [2.24, 2.45) is 0 Å². The summed E-state index contributed by atoms with van der Waals surface area (Å²) in [5.74, 6) is 0.496. The highest BCUT2D eigenvalue weighted by Gasteiger charge is 2.18. The summed E-state index contributed by atoms with van der Waals surface area (Å²) in [7, 11) is 3.77. The molecule has 3 aromatic rings. The van der Waals surface area contributed by atoms with Crippen LogP contribution in [0, 0.1) is 6.92 Å². The molecular weight excluding hydrogens is 378 g/mol. The van der Waals surface area contributed by atoms with Crippen molar-refractivity contribution in [3.8, 4) is 5.88 Å². The Morgan fingerprint density at radius 3 is 2.83 bits per heavy atom. The highest BCUT2D eigenvalue weighted by Crippen LogP contribution is 2.31. The molecule has 7 nitrogen and oxygen atoms in total. The summed E-state index contributed by atoms with van der Waals surface area (Å²) in [6.07, 6.45) is 8.26. The summed E-state index contributed by atoms with van der Waals surface area (Å²) in [4.78, 5) is 19.6. The van der Waals surface area contributed by atoms with Gasteiger partial charge in [0.25, 0.3) is 0 Å². The van der Waals surface area contributed by atoms with E-state index in [1.54, 1.807) is 18.0 Å². The van der Waals surface area contributed by atoms with Crippen LogP contribution in [-0.4, -0.2) is 58.9 Å². The van der Waals surface area contributed by atoms with Crippen LogP contribution in [0.1, 0.15) is 37.7 Å². The molecule has 2 aromatic heterocycles. The van der Waals surface area contributed by atoms with Gasteiger partial charge in [0.1, 0.15) is 6.54 Å². The van der Waals surface area contributed by atoms with Gasteiger partial charge in [-0.15, -0.1) is 0 Å². The maximum Gasteiger partial charge on any atom is 0.241 e. The Bertz CT molecular complexity index is 1040. The van der Waals surface area contributed by atoms with Gasteiger partial charge in [-0.2, -0.15) is 5.10 Å². The summed E-state index contributed by atoms with van der Waals surface area (Å²) >= 11 is 0. The van der Waals surface area contributed by atoms with Crippen molar-refractivity contribution in [1.29, 1.82) is 0 Å². The number of carbonyl (C=O) groups excluding carboxylic acids is 1. The zero-order chi connectivity index (χ0) is 21.1. The Balaban J connectivity index is 1.47. The van der Waals surface area contributed by atoms with Gasteiger partial charge in [-0.25, -0.2) is 4.98 Å². The first kappa shape index (κ1) is 20.6. The highest BCUT2D eigenvalue weighted by atomic mass is 16.5. The van der Waals surface area contributed by atoms with Gasteiger partial charge in [0.05, 0.1) is 29.7 Å². The molecule has 0 bridgehead atoms. The first-order chi connectivity index (χ1) is 14.6. The van der Waals surface area contributed by atoms with E-state index in [4.69, 9.17) is 4.74 Å². The van der Waals surface area contributed by atoms with Crippen molar-refractivity contribution >= 4 is 27.7 Å². The lowest BCUT2D eigenvalue weighted by molar-refractivity contribution is -0.121. The molecule has 0 radical (unpaired) electrons. The van der Waals surface area contributed by atoms with E-state index in [0.717, 1.165) is 33.9 Å². The van der Waals surface area contributed by atoms with Crippen LogP contribution in [0.4, 0.5) is 0 Å². The number of carbonyl (C=O) groups is 1. The molecule has 1 aromatic carbocycles. The number of ether oxygens (including phenoxy) is 1. The molecule has 1 aliphatic carbocycles. The molecule has 4 rings (SSSR count). The van der Waals surface area contributed by atoms with Crippen molar-refractivity contribution in [1.82, 2.24) is 25.0 Å². The van der Waals surface area contributed by atoms with E-state index in [2.05, 4.69) is 33.4 Å². The van der Waals surface area contributed by atoms with Gasteiger partial charge < -0.3 is 15.0 Å². The molecule has 1 fully saturated rings. The molecule has 2 heterocycles. The van der Waals surface area contributed by atoms with Gasteiger partial charge in [-0.3, -0.25) is 9.48 Å². The molecule has 160 valence electrons. The summed E-state index contributed by atoms with van der Waals surface area (Å²) in [5.41, 5.74) is 2.86. The van der Waals surface area contributed by atoms with Crippen LogP contribution in [0.3, 0.4) is 0 Å². The highest BCUT2D eigenvalue weighted by molar-refractivity contribution is 6.06. The summed E-state index contributed by atoms with van der Waals surface area (Å²) < 4.78 is 7.21. The third kappa shape index (κ3) is 4.26. The molecule has 0 unspecified atom stereocenters.